The predicted octanol–water partition coefficient (Wildman–Crippen LogP) is 3.83. The summed E-state index contributed by atoms with van der Waals surface area (Å²) in [5.74, 6) is -0.387. The smallest absolute Gasteiger partial charge is 0.189 e. The van der Waals surface area contributed by atoms with E-state index in [0.717, 1.165) is 32.2 Å². The van der Waals surface area contributed by atoms with Crippen LogP contribution in [0.15, 0.2) is 17.4 Å². The molecule has 0 radical (unpaired) electrons. The van der Waals surface area contributed by atoms with Crippen molar-refractivity contribution < 1.29 is 24.1 Å². The largest absolute Gasteiger partial charge is 0.385 e. The Morgan fingerprint density at radius 2 is 1.84 bits per heavy atom. The van der Waals surface area contributed by atoms with Crippen LogP contribution in [-0.2, 0) is 18.9 Å². The van der Waals surface area contributed by atoms with E-state index in [-0.39, 0.29) is 37.4 Å². The van der Waals surface area contributed by atoms with Gasteiger partial charge in [-0.05, 0) is 46.4 Å². The summed E-state index contributed by atoms with van der Waals surface area (Å²) in [6.45, 7) is 7.99. The first-order chi connectivity index (χ1) is 18.1. The summed E-state index contributed by atoms with van der Waals surface area (Å²) in [7, 11) is 3.15. The lowest BCUT2D eigenvalue weighted by atomic mass is 9.85. The van der Waals surface area contributed by atoms with Crippen molar-refractivity contribution in [2.45, 2.75) is 68.9 Å². The number of nitrogens with zero attached hydrogens (tertiary/aromatic N) is 4. The van der Waals surface area contributed by atoms with Gasteiger partial charge in [-0.2, -0.15) is 0 Å². The third kappa shape index (κ3) is 5.03. The third-order valence-electron chi connectivity index (χ3n) is 7.22. The number of aryl methyl sites for hydroxylation is 2. The van der Waals surface area contributed by atoms with Gasteiger partial charge >= 0.3 is 0 Å². The van der Waals surface area contributed by atoms with Gasteiger partial charge in [0, 0.05) is 26.3 Å². The highest BCUT2D eigenvalue weighted by atomic mass is 32.2. The quantitative estimate of drug-likeness (QED) is 0.293. The van der Waals surface area contributed by atoms with E-state index < -0.39 is 11.4 Å². The van der Waals surface area contributed by atoms with Gasteiger partial charge in [0.25, 0.3) is 0 Å². The number of nitrogens with one attached hydrogen (secondary N) is 1. The molecule has 12 heteroatoms. The fraction of sp³-hybridized carbons (Fsp3) is 0.615. The first-order valence-corrected chi connectivity index (χ1v) is 14.6. The van der Waals surface area contributed by atoms with Crippen LogP contribution in [-0.4, -0.2) is 88.4 Å². The highest BCUT2D eigenvalue weighted by molar-refractivity contribution is 7.98. The molecule has 10 nitrogen and oxygen atoms in total. The number of fused-ring (bicyclic) bond motifs is 2. The number of thiazole rings is 1. The van der Waals surface area contributed by atoms with Crippen LogP contribution < -0.4 is 5.32 Å². The number of hydrogen-bond acceptors (Lipinski definition) is 12. The molecular formula is C26H35N5O5S2. The molecule has 4 heterocycles. The molecule has 1 saturated carbocycles. The van der Waals surface area contributed by atoms with Crippen molar-refractivity contribution in [3.05, 3.63) is 23.7 Å². The van der Waals surface area contributed by atoms with E-state index in [0.29, 0.717) is 17.4 Å². The molecule has 4 atom stereocenters. The summed E-state index contributed by atoms with van der Waals surface area (Å²) in [6, 6.07) is 1.79. The fourth-order valence-corrected chi connectivity index (χ4v) is 7.19. The zero-order valence-corrected chi connectivity index (χ0v) is 24.4. The number of pyridine rings is 1. The number of ether oxygens (including phenoxy) is 4. The summed E-state index contributed by atoms with van der Waals surface area (Å²) >= 11 is 3.08. The van der Waals surface area contributed by atoms with E-state index in [1.165, 1.54) is 11.8 Å². The monoisotopic (exact) mass is 561 g/mol. The number of thioether (sulfide) groups is 1. The van der Waals surface area contributed by atoms with Crippen LogP contribution >= 0.6 is 23.1 Å². The standard InChI is InChI=1S/C26H35N5O5S2/c1-13-18(23-30-19-14(2)27-9-8-17(19)38-23)22(31-24(28-13)37-7)29-16-10-15(26(32,11-33-5)12-34-6)20-21(16)36-25(3,4)35-20/h8-9,15-16,20-21,32H,10-12H2,1-7H3,(H,28,29,31)/t15-,16+,20+,21-/m0/s1. The second-order valence-electron chi connectivity index (χ2n) is 10.4. The molecule has 3 aromatic heterocycles. The average Bonchev–Trinajstić information content (AvgIpc) is 3.51. The lowest BCUT2D eigenvalue weighted by molar-refractivity contribution is -0.182. The molecule has 2 fully saturated rings. The van der Waals surface area contributed by atoms with Crippen LogP contribution in [0.5, 0.6) is 0 Å². The summed E-state index contributed by atoms with van der Waals surface area (Å²) in [4.78, 5) is 18.9. The van der Waals surface area contributed by atoms with E-state index >= 15 is 0 Å². The number of aromatic nitrogens is 4. The number of rotatable bonds is 9. The topological polar surface area (TPSA) is 121 Å². The number of anilines is 1. The molecule has 1 saturated heterocycles. The summed E-state index contributed by atoms with van der Waals surface area (Å²) in [6.07, 6.45) is 3.68. The van der Waals surface area contributed by atoms with Crippen molar-refractivity contribution in [1.82, 2.24) is 19.9 Å². The van der Waals surface area contributed by atoms with Gasteiger partial charge in [-0.3, -0.25) is 4.98 Å². The molecule has 206 valence electrons. The Morgan fingerprint density at radius 3 is 2.50 bits per heavy atom. The zero-order valence-electron chi connectivity index (χ0n) is 22.8. The normalized spacial score (nSPS) is 24.7. The molecule has 1 aliphatic heterocycles. The Labute approximate surface area is 230 Å². The van der Waals surface area contributed by atoms with E-state index in [2.05, 4.69) is 10.3 Å². The zero-order chi connectivity index (χ0) is 27.2. The maximum Gasteiger partial charge on any atom is 0.189 e. The van der Waals surface area contributed by atoms with Gasteiger partial charge in [0.05, 0.1) is 47.0 Å². The van der Waals surface area contributed by atoms with Gasteiger partial charge in [0.15, 0.2) is 10.9 Å². The predicted molar refractivity (Wildman–Crippen MR) is 148 cm³/mol. The Bertz CT molecular complexity index is 1310. The highest BCUT2D eigenvalue weighted by Gasteiger charge is 2.59. The summed E-state index contributed by atoms with van der Waals surface area (Å²) < 4.78 is 24.6. The van der Waals surface area contributed by atoms with Crippen LogP contribution in [0.3, 0.4) is 0 Å². The first-order valence-electron chi connectivity index (χ1n) is 12.6. The molecule has 0 amide bonds. The van der Waals surface area contributed by atoms with E-state index in [1.54, 1.807) is 31.8 Å². The molecule has 0 spiro atoms. The van der Waals surface area contributed by atoms with Crippen molar-refractivity contribution in [3.63, 3.8) is 0 Å². The summed E-state index contributed by atoms with van der Waals surface area (Å²) in [5, 5.41) is 16.8. The average molecular weight is 562 g/mol. The number of aliphatic hydroxyl groups is 1. The molecule has 5 rings (SSSR count). The Balaban J connectivity index is 1.55. The minimum atomic E-state index is -1.24. The fourth-order valence-electron chi connectivity index (χ4n) is 5.67. The van der Waals surface area contributed by atoms with Gasteiger partial charge < -0.3 is 29.4 Å². The molecule has 0 unspecified atom stereocenters. The SMILES string of the molecule is COCC(O)(COC)[C@H]1C[C@@H](Nc2nc(SC)nc(C)c2-c2nc3c(C)nccc3s2)[C@@H]2OC(C)(C)O[C@@H]21. The van der Waals surface area contributed by atoms with Gasteiger partial charge in [-0.1, -0.05) is 11.8 Å². The van der Waals surface area contributed by atoms with Gasteiger partial charge in [-0.15, -0.1) is 11.3 Å². The van der Waals surface area contributed by atoms with Gasteiger partial charge in [-0.25, -0.2) is 15.0 Å². The maximum absolute atomic E-state index is 11.6. The van der Waals surface area contributed by atoms with Crippen LogP contribution in [0.1, 0.15) is 31.7 Å². The molecule has 1 aliphatic carbocycles. The van der Waals surface area contributed by atoms with E-state index in [4.69, 9.17) is 33.9 Å². The van der Waals surface area contributed by atoms with Crippen molar-refractivity contribution in [2.75, 3.05) is 39.0 Å². The number of hydrogen-bond donors (Lipinski definition) is 2. The van der Waals surface area contributed by atoms with Crippen molar-refractivity contribution in [2.24, 2.45) is 5.92 Å². The Morgan fingerprint density at radius 1 is 1.13 bits per heavy atom. The van der Waals surface area contributed by atoms with Crippen molar-refractivity contribution in [3.8, 4) is 10.6 Å². The van der Waals surface area contributed by atoms with Gasteiger partial charge in [0.1, 0.15) is 28.0 Å². The van der Waals surface area contributed by atoms with E-state index in [9.17, 15) is 5.11 Å². The minimum absolute atomic E-state index is 0.124. The number of methoxy groups -OCH3 is 2. The molecule has 38 heavy (non-hydrogen) atoms. The maximum atomic E-state index is 11.6. The summed E-state index contributed by atoms with van der Waals surface area (Å²) in [5.41, 5.74) is 2.22. The Kier molecular flexibility index (Phi) is 7.68. The van der Waals surface area contributed by atoms with Gasteiger partial charge in [0.2, 0.25) is 0 Å². The van der Waals surface area contributed by atoms with Crippen LogP contribution in [0.2, 0.25) is 0 Å². The molecule has 2 aliphatic rings. The highest BCUT2D eigenvalue weighted by Crippen LogP contribution is 2.47. The molecular weight excluding hydrogens is 526 g/mol. The lowest BCUT2D eigenvalue weighted by Crippen LogP contribution is -2.50. The third-order valence-corrected chi connectivity index (χ3v) is 8.81. The van der Waals surface area contributed by atoms with Crippen LogP contribution in [0.4, 0.5) is 5.82 Å². The van der Waals surface area contributed by atoms with Crippen molar-refractivity contribution >= 4 is 39.1 Å². The van der Waals surface area contributed by atoms with E-state index in [1.807, 2.05) is 40.0 Å². The van der Waals surface area contributed by atoms with Crippen LogP contribution in [0, 0.1) is 19.8 Å². The Hall–Kier alpha value is -1.93. The second kappa shape index (κ2) is 10.6. The van der Waals surface area contributed by atoms with Crippen LogP contribution in [0.25, 0.3) is 20.8 Å². The van der Waals surface area contributed by atoms with Crippen molar-refractivity contribution in [1.29, 1.82) is 0 Å². The minimum Gasteiger partial charge on any atom is -0.385 e. The second-order valence-corrected chi connectivity index (χ2v) is 12.2. The molecule has 0 bridgehead atoms. The first kappa shape index (κ1) is 27.6. The molecule has 2 N–H and O–H groups in total. The lowest BCUT2D eigenvalue weighted by Gasteiger charge is -2.36. The molecule has 0 aromatic carbocycles. The molecule has 3 aromatic rings.